The molecule has 0 radical (unpaired) electrons. The highest BCUT2D eigenvalue weighted by Crippen LogP contribution is 2.12. The minimum Gasteiger partial charge on any atom is -0.392 e. The lowest BCUT2D eigenvalue weighted by atomic mass is 10.0. The van der Waals surface area contributed by atoms with Crippen molar-refractivity contribution in [1.29, 1.82) is 0 Å². The third-order valence-electron chi connectivity index (χ3n) is 2.86. The fourth-order valence-electron chi connectivity index (χ4n) is 1.80. The molecule has 0 aliphatic carbocycles. The van der Waals surface area contributed by atoms with Gasteiger partial charge in [0, 0.05) is 0 Å². The van der Waals surface area contributed by atoms with E-state index < -0.39 is 0 Å². The minimum atomic E-state index is 0.197. The van der Waals surface area contributed by atoms with E-state index in [1.807, 2.05) is 6.08 Å². The van der Waals surface area contributed by atoms with E-state index in [-0.39, 0.29) is 6.61 Å². The predicted molar refractivity (Wildman–Crippen MR) is 68.1 cm³/mol. The Morgan fingerprint density at radius 1 is 0.933 bits per heavy atom. The van der Waals surface area contributed by atoms with Crippen molar-refractivity contribution in [3.05, 3.63) is 11.6 Å². The van der Waals surface area contributed by atoms with Crippen LogP contribution in [0, 0.1) is 0 Å². The van der Waals surface area contributed by atoms with Gasteiger partial charge in [0.15, 0.2) is 0 Å². The lowest BCUT2D eigenvalue weighted by Gasteiger charge is -2.02. The molecule has 1 nitrogen and oxygen atoms in total. The first-order valence-corrected chi connectivity index (χ1v) is 6.57. The summed E-state index contributed by atoms with van der Waals surface area (Å²) in [4.78, 5) is 0. The summed E-state index contributed by atoms with van der Waals surface area (Å²) in [6.45, 7) is 4.57. The predicted octanol–water partition coefficient (Wildman–Crippen LogP) is 4.46. The summed E-state index contributed by atoms with van der Waals surface area (Å²) in [5.74, 6) is 0. The van der Waals surface area contributed by atoms with Crippen LogP contribution in [0.4, 0.5) is 0 Å². The summed E-state index contributed by atoms with van der Waals surface area (Å²) in [6, 6.07) is 0. The number of allylic oxidation sites excluding steroid dienone is 1. The number of unbranched alkanes of at least 4 members (excludes halogenated alkanes) is 7. The molecule has 0 heterocycles. The molecule has 0 fully saturated rings. The first-order valence-electron chi connectivity index (χ1n) is 6.57. The van der Waals surface area contributed by atoms with Crippen LogP contribution < -0.4 is 0 Å². The summed E-state index contributed by atoms with van der Waals surface area (Å²) >= 11 is 0. The van der Waals surface area contributed by atoms with Crippen LogP contribution in [0.2, 0.25) is 0 Å². The largest absolute Gasteiger partial charge is 0.392 e. The number of aliphatic hydroxyl groups is 1. The van der Waals surface area contributed by atoms with Gasteiger partial charge in [-0.3, -0.25) is 0 Å². The van der Waals surface area contributed by atoms with E-state index in [2.05, 4.69) is 13.8 Å². The second kappa shape index (κ2) is 11.8. The number of hydrogen-bond donors (Lipinski definition) is 1. The SMILES string of the molecule is CCCCCCCCCC/C(C)=C\CO. The molecule has 0 rings (SSSR count). The molecule has 0 aromatic heterocycles. The third-order valence-corrected chi connectivity index (χ3v) is 2.86. The molecule has 1 N–H and O–H groups in total. The van der Waals surface area contributed by atoms with E-state index in [9.17, 15) is 0 Å². The molecule has 0 saturated carbocycles. The first-order chi connectivity index (χ1) is 7.31. The number of rotatable bonds is 10. The molecule has 0 aliphatic heterocycles. The van der Waals surface area contributed by atoms with Gasteiger partial charge in [0.2, 0.25) is 0 Å². The average molecular weight is 212 g/mol. The summed E-state index contributed by atoms with van der Waals surface area (Å²) in [6.07, 6.45) is 14.1. The van der Waals surface area contributed by atoms with E-state index in [0.29, 0.717) is 0 Å². The zero-order valence-electron chi connectivity index (χ0n) is 10.6. The van der Waals surface area contributed by atoms with Gasteiger partial charge in [-0.25, -0.2) is 0 Å². The van der Waals surface area contributed by atoms with Crippen LogP contribution in [0.5, 0.6) is 0 Å². The Hall–Kier alpha value is -0.300. The molecule has 0 aromatic carbocycles. The standard InChI is InChI=1S/C14H28O/c1-3-4-5-6-7-8-9-10-11-14(2)12-13-15/h12,15H,3-11,13H2,1-2H3/b14-12-. The minimum absolute atomic E-state index is 0.197. The summed E-state index contributed by atoms with van der Waals surface area (Å²) in [7, 11) is 0. The molecule has 0 atom stereocenters. The van der Waals surface area contributed by atoms with Gasteiger partial charge in [0.1, 0.15) is 0 Å². The van der Waals surface area contributed by atoms with Gasteiger partial charge in [0.25, 0.3) is 0 Å². The third kappa shape index (κ3) is 11.6. The highest BCUT2D eigenvalue weighted by Gasteiger charge is 1.92. The molecule has 0 aromatic rings. The van der Waals surface area contributed by atoms with Crippen LogP contribution in [0.3, 0.4) is 0 Å². The zero-order chi connectivity index (χ0) is 11.4. The van der Waals surface area contributed by atoms with Crippen LogP contribution in [0.25, 0.3) is 0 Å². The Morgan fingerprint density at radius 2 is 1.47 bits per heavy atom. The molecule has 0 unspecified atom stereocenters. The summed E-state index contributed by atoms with van der Waals surface area (Å²) in [5.41, 5.74) is 1.34. The molecule has 90 valence electrons. The molecule has 1 heteroatoms. The molecule has 0 amide bonds. The van der Waals surface area contributed by atoms with Crippen molar-refractivity contribution in [3.63, 3.8) is 0 Å². The molecule has 15 heavy (non-hydrogen) atoms. The molecule has 0 aliphatic rings. The van der Waals surface area contributed by atoms with Crippen LogP contribution in [0.15, 0.2) is 11.6 Å². The van der Waals surface area contributed by atoms with Crippen LogP contribution in [-0.2, 0) is 0 Å². The van der Waals surface area contributed by atoms with Gasteiger partial charge in [-0.2, -0.15) is 0 Å². The van der Waals surface area contributed by atoms with Crippen molar-refractivity contribution in [2.45, 2.75) is 71.6 Å². The van der Waals surface area contributed by atoms with Crippen molar-refractivity contribution in [1.82, 2.24) is 0 Å². The van der Waals surface area contributed by atoms with E-state index in [1.54, 1.807) is 0 Å². The van der Waals surface area contributed by atoms with Gasteiger partial charge in [-0.1, -0.05) is 63.5 Å². The van der Waals surface area contributed by atoms with Crippen molar-refractivity contribution in [3.8, 4) is 0 Å². The van der Waals surface area contributed by atoms with Crippen molar-refractivity contribution < 1.29 is 5.11 Å². The maximum absolute atomic E-state index is 8.68. The zero-order valence-corrected chi connectivity index (χ0v) is 10.6. The van der Waals surface area contributed by atoms with Crippen LogP contribution in [0.1, 0.15) is 71.6 Å². The molecule has 0 spiro atoms. The second-order valence-corrected chi connectivity index (χ2v) is 4.46. The van der Waals surface area contributed by atoms with Gasteiger partial charge >= 0.3 is 0 Å². The molecule has 0 bridgehead atoms. The fourth-order valence-corrected chi connectivity index (χ4v) is 1.80. The lowest BCUT2D eigenvalue weighted by Crippen LogP contribution is -1.84. The number of aliphatic hydroxyl groups excluding tert-OH is 1. The van der Waals surface area contributed by atoms with Crippen molar-refractivity contribution in [2.75, 3.05) is 6.61 Å². The van der Waals surface area contributed by atoms with Gasteiger partial charge < -0.3 is 5.11 Å². The van der Waals surface area contributed by atoms with Gasteiger partial charge in [-0.15, -0.1) is 0 Å². The maximum Gasteiger partial charge on any atom is 0.0614 e. The highest BCUT2D eigenvalue weighted by molar-refractivity contribution is 4.97. The van der Waals surface area contributed by atoms with Crippen LogP contribution in [-0.4, -0.2) is 11.7 Å². The molecular formula is C14H28O. The maximum atomic E-state index is 8.68. The Bertz CT molecular complexity index is 149. The van der Waals surface area contributed by atoms with E-state index in [4.69, 9.17) is 5.11 Å². The summed E-state index contributed by atoms with van der Waals surface area (Å²) < 4.78 is 0. The summed E-state index contributed by atoms with van der Waals surface area (Å²) in [5, 5.41) is 8.68. The Morgan fingerprint density at radius 3 is 2.00 bits per heavy atom. The topological polar surface area (TPSA) is 20.2 Å². The second-order valence-electron chi connectivity index (χ2n) is 4.46. The Labute approximate surface area is 95.6 Å². The van der Waals surface area contributed by atoms with Crippen molar-refractivity contribution in [2.24, 2.45) is 0 Å². The Kier molecular flexibility index (Phi) is 11.5. The molecule has 0 saturated heterocycles. The van der Waals surface area contributed by atoms with E-state index in [0.717, 1.165) is 6.42 Å². The monoisotopic (exact) mass is 212 g/mol. The first kappa shape index (κ1) is 14.7. The van der Waals surface area contributed by atoms with Gasteiger partial charge in [-0.05, 0) is 19.8 Å². The van der Waals surface area contributed by atoms with Crippen LogP contribution >= 0.6 is 0 Å². The highest BCUT2D eigenvalue weighted by atomic mass is 16.2. The van der Waals surface area contributed by atoms with E-state index >= 15 is 0 Å². The fraction of sp³-hybridized carbons (Fsp3) is 0.857. The quantitative estimate of drug-likeness (QED) is 0.419. The van der Waals surface area contributed by atoms with E-state index in [1.165, 1.54) is 56.9 Å². The average Bonchev–Trinajstić information content (AvgIpc) is 2.22. The van der Waals surface area contributed by atoms with Crippen molar-refractivity contribution >= 4 is 0 Å². The Balaban J connectivity index is 3.08. The number of hydrogen-bond acceptors (Lipinski definition) is 1. The van der Waals surface area contributed by atoms with Gasteiger partial charge in [0.05, 0.1) is 6.61 Å². The molecular weight excluding hydrogens is 184 g/mol. The lowest BCUT2D eigenvalue weighted by molar-refractivity contribution is 0.341. The smallest absolute Gasteiger partial charge is 0.0614 e. The normalized spacial score (nSPS) is 12.1.